The summed E-state index contributed by atoms with van der Waals surface area (Å²) in [6.45, 7) is 7.52. The number of nitrogens with zero attached hydrogens (tertiary/aromatic N) is 4. The van der Waals surface area contributed by atoms with E-state index >= 15 is 0 Å². The monoisotopic (exact) mass is 296 g/mol. The molecule has 0 aliphatic heterocycles. The molecule has 0 aliphatic carbocycles. The molecule has 20 heavy (non-hydrogen) atoms. The lowest BCUT2D eigenvalue weighted by Gasteiger charge is -2.24. The number of hydrogen-bond donors (Lipinski definition) is 0. The maximum absolute atomic E-state index is 5.89. The molecule has 0 atom stereocenters. The molecule has 0 unspecified atom stereocenters. The fraction of sp³-hybridized carbons (Fsp3) is 0.643. The maximum atomic E-state index is 5.89. The molecule has 0 bridgehead atoms. The lowest BCUT2D eigenvalue weighted by atomic mass is 9.90. The Morgan fingerprint density at radius 1 is 1.35 bits per heavy atom. The van der Waals surface area contributed by atoms with Crippen molar-refractivity contribution in [3.05, 3.63) is 12.2 Å². The largest absolute Gasteiger partial charge is 0.479 e. The SMILES string of the molecule is CCC(C)(C)Cn1c(CCCl)nc2c(OC)ncnc21. The number of aryl methyl sites for hydroxylation is 1. The molecule has 2 aromatic rings. The zero-order valence-corrected chi connectivity index (χ0v) is 13.2. The predicted octanol–water partition coefficient (Wildman–Crippen LogP) is 3.05. The minimum Gasteiger partial charge on any atom is -0.479 e. The molecule has 6 heteroatoms. The minimum atomic E-state index is 0.173. The number of rotatable bonds is 6. The van der Waals surface area contributed by atoms with Crippen molar-refractivity contribution in [1.29, 1.82) is 0 Å². The first-order valence-electron chi connectivity index (χ1n) is 6.82. The molecule has 2 aromatic heterocycles. The Bertz CT molecular complexity index is 594. The van der Waals surface area contributed by atoms with E-state index < -0.39 is 0 Å². The minimum absolute atomic E-state index is 0.173. The van der Waals surface area contributed by atoms with Gasteiger partial charge in [-0.05, 0) is 11.8 Å². The van der Waals surface area contributed by atoms with E-state index in [2.05, 4.69) is 40.3 Å². The first-order chi connectivity index (χ1) is 9.52. The molecule has 2 heterocycles. The second-order valence-corrected chi connectivity index (χ2v) is 6.00. The topological polar surface area (TPSA) is 52.8 Å². The molecule has 110 valence electrons. The third-order valence-corrected chi connectivity index (χ3v) is 3.82. The van der Waals surface area contributed by atoms with Crippen LogP contribution in [0.5, 0.6) is 5.88 Å². The molecule has 0 radical (unpaired) electrons. The number of aromatic nitrogens is 4. The van der Waals surface area contributed by atoms with Crippen LogP contribution in [0.25, 0.3) is 11.2 Å². The van der Waals surface area contributed by atoms with Crippen molar-refractivity contribution in [2.24, 2.45) is 5.41 Å². The van der Waals surface area contributed by atoms with E-state index in [-0.39, 0.29) is 5.41 Å². The van der Waals surface area contributed by atoms with Crippen molar-refractivity contribution in [3.63, 3.8) is 0 Å². The molecule has 2 rings (SSSR count). The second kappa shape index (κ2) is 5.95. The quantitative estimate of drug-likeness (QED) is 0.769. The molecule has 0 fully saturated rings. The lowest BCUT2D eigenvalue weighted by molar-refractivity contribution is 0.294. The molecule has 0 N–H and O–H groups in total. The summed E-state index contributed by atoms with van der Waals surface area (Å²) < 4.78 is 7.41. The molecule has 0 amide bonds. The van der Waals surface area contributed by atoms with Crippen molar-refractivity contribution in [2.45, 2.75) is 40.2 Å². The van der Waals surface area contributed by atoms with E-state index in [1.54, 1.807) is 7.11 Å². The van der Waals surface area contributed by atoms with Crippen LogP contribution in [-0.2, 0) is 13.0 Å². The second-order valence-electron chi connectivity index (χ2n) is 5.63. The number of halogens is 1. The summed E-state index contributed by atoms with van der Waals surface area (Å²) in [6.07, 6.45) is 3.30. The standard InChI is InChI=1S/C14H21ClN4O/c1-5-14(2,3)8-19-10(6-7-15)18-11-12(19)16-9-17-13(11)20-4/h9H,5-8H2,1-4H3. The Balaban J connectivity index is 2.57. The number of fused-ring (bicyclic) bond motifs is 1. The highest BCUT2D eigenvalue weighted by atomic mass is 35.5. The summed E-state index contributed by atoms with van der Waals surface area (Å²) in [5.74, 6) is 1.99. The van der Waals surface area contributed by atoms with E-state index in [0.717, 1.165) is 24.4 Å². The van der Waals surface area contributed by atoms with Crippen LogP contribution in [0.1, 0.15) is 33.0 Å². The van der Waals surface area contributed by atoms with Crippen LogP contribution >= 0.6 is 11.6 Å². The molecule has 0 aliphatic rings. The van der Waals surface area contributed by atoms with Crippen LogP contribution in [0, 0.1) is 5.41 Å². The van der Waals surface area contributed by atoms with Crippen LogP contribution in [0.3, 0.4) is 0 Å². The molecule has 0 saturated carbocycles. The normalized spacial score (nSPS) is 12.1. The Kier molecular flexibility index (Phi) is 4.48. The van der Waals surface area contributed by atoms with Gasteiger partial charge in [-0.15, -0.1) is 11.6 Å². The van der Waals surface area contributed by atoms with Gasteiger partial charge in [-0.1, -0.05) is 20.8 Å². The van der Waals surface area contributed by atoms with Crippen LogP contribution in [0.15, 0.2) is 6.33 Å². The Morgan fingerprint density at radius 3 is 2.70 bits per heavy atom. The van der Waals surface area contributed by atoms with Gasteiger partial charge in [0.05, 0.1) is 7.11 Å². The summed E-state index contributed by atoms with van der Waals surface area (Å²) in [7, 11) is 1.60. The van der Waals surface area contributed by atoms with E-state index in [1.165, 1.54) is 6.33 Å². The fourth-order valence-corrected chi connectivity index (χ4v) is 2.26. The van der Waals surface area contributed by atoms with Gasteiger partial charge in [-0.3, -0.25) is 0 Å². The summed E-state index contributed by atoms with van der Waals surface area (Å²) in [6, 6.07) is 0. The van der Waals surface area contributed by atoms with Crippen molar-refractivity contribution in [1.82, 2.24) is 19.5 Å². The molecular formula is C14H21ClN4O. The highest BCUT2D eigenvalue weighted by Gasteiger charge is 2.22. The van der Waals surface area contributed by atoms with Crippen molar-refractivity contribution >= 4 is 22.8 Å². The van der Waals surface area contributed by atoms with Gasteiger partial charge in [0.1, 0.15) is 12.2 Å². The summed E-state index contributed by atoms with van der Waals surface area (Å²) in [4.78, 5) is 13.1. The third kappa shape index (κ3) is 2.87. The van der Waals surface area contributed by atoms with Gasteiger partial charge in [-0.25, -0.2) is 9.97 Å². The first-order valence-corrected chi connectivity index (χ1v) is 7.36. The lowest BCUT2D eigenvalue weighted by Crippen LogP contribution is -2.20. The average Bonchev–Trinajstić information content (AvgIpc) is 2.77. The fourth-order valence-electron chi connectivity index (χ4n) is 2.09. The van der Waals surface area contributed by atoms with Gasteiger partial charge in [0.15, 0.2) is 11.2 Å². The van der Waals surface area contributed by atoms with E-state index in [9.17, 15) is 0 Å². The van der Waals surface area contributed by atoms with E-state index in [1.807, 2.05) is 0 Å². The predicted molar refractivity (Wildman–Crippen MR) is 80.4 cm³/mol. The van der Waals surface area contributed by atoms with Gasteiger partial charge < -0.3 is 9.30 Å². The van der Waals surface area contributed by atoms with Crippen molar-refractivity contribution in [3.8, 4) is 5.88 Å². The van der Waals surface area contributed by atoms with Gasteiger partial charge in [-0.2, -0.15) is 4.98 Å². The molecule has 0 spiro atoms. The molecule has 5 nitrogen and oxygen atoms in total. The van der Waals surface area contributed by atoms with Gasteiger partial charge >= 0.3 is 0 Å². The first kappa shape index (κ1) is 15.0. The average molecular weight is 297 g/mol. The van der Waals surface area contributed by atoms with Crippen LogP contribution in [0.4, 0.5) is 0 Å². The molecule has 0 aromatic carbocycles. The smallest absolute Gasteiger partial charge is 0.245 e. The van der Waals surface area contributed by atoms with Gasteiger partial charge in [0.25, 0.3) is 0 Å². The summed E-state index contributed by atoms with van der Waals surface area (Å²) in [5, 5.41) is 0. The number of methoxy groups -OCH3 is 1. The zero-order chi connectivity index (χ0) is 14.8. The van der Waals surface area contributed by atoms with Crippen LogP contribution in [-0.4, -0.2) is 32.5 Å². The van der Waals surface area contributed by atoms with Gasteiger partial charge in [0, 0.05) is 18.8 Å². The Morgan fingerprint density at radius 2 is 2.10 bits per heavy atom. The number of hydrogen-bond acceptors (Lipinski definition) is 4. The highest BCUT2D eigenvalue weighted by Crippen LogP contribution is 2.28. The maximum Gasteiger partial charge on any atom is 0.245 e. The van der Waals surface area contributed by atoms with E-state index in [0.29, 0.717) is 23.7 Å². The summed E-state index contributed by atoms with van der Waals surface area (Å²) in [5.41, 5.74) is 1.70. The van der Waals surface area contributed by atoms with Gasteiger partial charge in [0.2, 0.25) is 5.88 Å². The Labute approximate surface area is 124 Å². The molecule has 0 saturated heterocycles. The van der Waals surface area contributed by atoms with E-state index in [4.69, 9.17) is 16.3 Å². The number of imidazole rings is 1. The highest BCUT2D eigenvalue weighted by molar-refractivity contribution is 6.17. The molecular weight excluding hydrogens is 276 g/mol. The van der Waals surface area contributed by atoms with Crippen LogP contribution in [0.2, 0.25) is 0 Å². The van der Waals surface area contributed by atoms with Crippen molar-refractivity contribution < 1.29 is 4.74 Å². The Hall–Kier alpha value is -1.36. The van der Waals surface area contributed by atoms with Crippen LogP contribution < -0.4 is 4.74 Å². The summed E-state index contributed by atoms with van der Waals surface area (Å²) >= 11 is 5.89. The third-order valence-electron chi connectivity index (χ3n) is 3.63. The number of ether oxygens (including phenoxy) is 1. The van der Waals surface area contributed by atoms with Crippen molar-refractivity contribution in [2.75, 3.05) is 13.0 Å². The zero-order valence-electron chi connectivity index (χ0n) is 12.5. The number of alkyl halides is 1.